The summed E-state index contributed by atoms with van der Waals surface area (Å²) in [6.07, 6.45) is 2.58. The summed E-state index contributed by atoms with van der Waals surface area (Å²) in [5, 5.41) is 0. The van der Waals surface area contributed by atoms with Gasteiger partial charge in [0.1, 0.15) is 9.79 Å². The maximum atomic E-state index is 11.6. The van der Waals surface area contributed by atoms with E-state index < -0.39 is 25.1 Å². The van der Waals surface area contributed by atoms with Crippen LogP contribution in [0.2, 0.25) is 0 Å². The van der Waals surface area contributed by atoms with Gasteiger partial charge in [0.2, 0.25) is 0 Å². The van der Waals surface area contributed by atoms with E-state index in [0.29, 0.717) is 0 Å². The van der Waals surface area contributed by atoms with Gasteiger partial charge in [0.25, 0.3) is 20.2 Å². The molecule has 0 bridgehead atoms. The third-order valence-corrected chi connectivity index (χ3v) is 5.00. The van der Waals surface area contributed by atoms with Crippen LogP contribution in [0, 0.1) is 0 Å². The minimum absolute atomic E-state index is 0.0253. The summed E-state index contributed by atoms with van der Waals surface area (Å²) in [6, 6.07) is 9.87. The number of rotatable bonds is 5. The molecule has 5 N–H and O–H groups in total. The molecule has 0 fully saturated rings. The summed E-state index contributed by atoms with van der Waals surface area (Å²) >= 11 is 0. The number of nitrogens with one attached hydrogen (secondary N) is 1. The largest absolute Gasteiger partial charge is 0.323 e. The van der Waals surface area contributed by atoms with Crippen LogP contribution in [0.3, 0.4) is 0 Å². The molecule has 8 nitrogen and oxygen atoms in total. The number of hydrogen-bond donors (Lipinski definition) is 4. The summed E-state index contributed by atoms with van der Waals surface area (Å²) in [6.45, 7) is 0. The average Bonchev–Trinajstić information content (AvgIpc) is 2.50. The van der Waals surface area contributed by atoms with Gasteiger partial charge in [-0.15, -0.1) is 0 Å². The first-order chi connectivity index (χ1) is 11.1. The van der Waals surface area contributed by atoms with E-state index in [-0.39, 0.29) is 21.7 Å². The molecule has 0 unspecified atom stereocenters. The van der Waals surface area contributed by atoms with Crippen molar-refractivity contribution in [3.05, 3.63) is 53.6 Å². The predicted octanol–water partition coefficient (Wildman–Crippen LogP) is 1.64. The van der Waals surface area contributed by atoms with Gasteiger partial charge in [-0.25, -0.2) is 0 Å². The Labute approximate surface area is 139 Å². The zero-order chi connectivity index (χ0) is 18.0. The lowest BCUT2D eigenvalue weighted by molar-refractivity contribution is 0.481. The van der Waals surface area contributed by atoms with E-state index in [1.807, 2.05) is 0 Å². The van der Waals surface area contributed by atoms with Crippen LogP contribution in [0.1, 0.15) is 11.1 Å². The Balaban J connectivity index is 2.61. The Kier molecular flexibility index (Phi) is 5.06. The Morgan fingerprint density at radius 3 is 2.00 bits per heavy atom. The lowest BCUT2D eigenvalue weighted by atomic mass is 10.1. The SMILES string of the molecule is NNc1cccc(/C=C/c2ccccc2S(=O)(=O)O)c1S(=O)(=O)O. The Bertz CT molecular complexity index is 998. The van der Waals surface area contributed by atoms with E-state index >= 15 is 0 Å². The summed E-state index contributed by atoms with van der Waals surface area (Å²) in [5.41, 5.74) is 2.37. The van der Waals surface area contributed by atoms with Crippen molar-refractivity contribution in [1.82, 2.24) is 0 Å². The Morgan fingerprint density at radius 1 is 0.833 bits per heavy atom. The number of nitrogens with two attached hydrogens (primary N) is 1. The fourth-order valence-electron chi connectivity index (χ4n) is 2.12. The zero-order valence-corrected chi connectivity index (χ0v) is 13.8. The van der Waals surface area contributed by atoms with Crippen molar-refractivity contribution < 1.29 is 25.9 Å². The number of anilines is 1. The van der Waals surface area contributed by atoms with E-state index in [9.17, 15) is 25.9 Å². The van der Waals surface area contributed by atoms with E-state index in [2.05, 4.69) is 5.43 Å². The van der Waals surface area contributed by atoms with E-state index in [1.54, 1.807) is 6.07 Å². The van der Waals surface area contributed by atoms with E-state index in [1.165, 1.54) is 48.6 Å². The highest BCUT2D eigenvalue weighted by molar-refractivity contribution is 7.86. The molecular weight excluding hydrogens is 356 g/mol. The fourth-order valence-corrected chi connectivity index (χ4v) is 3.64. The molecular formula is C14H14N2O6S2. The minimum atomic E-state index is -4.58. The molecule has 128 valence electrons. The number of benzene rings is 2. The lowest BCUT2D eigenvalue weighted by Gasteiger charge is -2.09. The third kappa shape index (κ3) is 3.99. The quantitative estimate of drug-likeness (QED) is 0.269. The molecule has 0 atom stereocenters. The molecule has 0 aliphatic heterocycles. The summed E-state index contributed by atoms with van der Waals surface area (Å²) in [5.74, 6) is 5.24. The Morgan fingerprint density at radius 2 is 1.42 bits per heavy atom. The monoisotopic (exact) mass is 370 g/mol. The minimum Gasteiger partial charge on any atom is -0.323 e. The predicted molar refractivity (Wildman–Crippen MR) is 89.3 cm³/mol. The summed E-state index contributed by atoms with van der Waals surface area (Å²) < 4.78 is 64.4. The highest BCUT2D eigenvalue weighted by atomic mass is 32.2. The second kappa shape index (κ2) is 6.71. The zero-order valence-electron chi connectivity index (χ0n) is 12.1. The van der Waals surface area contributed by atoms with Crippen LogP contribution in [0.15, 0.2) is 52.3 Å². The van der Waals surface area contributed by atoms with Crippen molar-refractivity contribution in [2.75, 3.05) is 5.43 Å². The van der Waals surface area contributed by atoms with Crippen LogP contribution in [0.5, 0.6) is 0 Å². The first kappa shape index (κ1) is 18.1. The highest BCUT2D eigenvalue weighted by Gasteiger charge is 2.19. The van der Waals surface area contributed by atoms with Gasteiger partial charge in [0.15, 0.2) is 0 Å². The average molecular weight is 370 g/mol. The van der Waals surface area contributed by atoms with Crippen LogP contribution in [-0.4, -0.2) is 25.9 Å². The maximum absolute atomic E-state index is 11.6. The van der Waals surface area contributed by atoms with Gasteiger partial charge in [0.05, 0.1) is 5.69 Å². The van der Waals surface area contributed by atoms with Gasteiger partial charge in [-0.2, -0.15) is 16.8 Å². The van der Waals surface area contributed by atoms with E-state index in [0.717, 1.165) is 0 Å². The molecule has 2 aromatic carbocycles. The van der Waals surface area contributed by atoms with Crippen molar-refractivity contribution in [3.63, 3.8) is 0 Å². The first-order valence-corrected chi connectivity index (χ1v) is 9.34. The second-order valence-electron chi connectivity index (χ2n) is 4.69. The topological polar surface area (TPSA) is 147 Å². The third-order valence-electron chi connectivity index (χ3n) is 3.10. The molecule has 0 radical (unpaired) electrons. The number of hydrogen-bond acceptors (Lipinski definition) is 6. The van der Waals surface area contributed by atoms with Crippen LogP contribution < -0.4 is 11.3 Å². The highest BCUT2D eigenvalue weighted by Crippen LogP contribution is 2.27. The second-order valence-corrected chi connectivity index (χ2v) is 7.44. The number of hydrazine groups is 1. The van der Waals surface area contributed by atoms with Crippen molar-refractivity contribution in [2.24, 2.45) is 5.84 Å². The molecule has 0 spiro atoms. The molecule has 0 saturated heterocycles. The van der Waals surface area contributed by atoms with Gasteiger partial charge in [0, 0.05) is 0 Å². The van der Waals surface area contributed by atoms with Crippen molar-refractivity contribution in [3.8, 4) is 0 Å². The lowest BCUT2D eigenvalue weighted by Crippen LogP contribution is -2.12. The number of nitrogen functional groups attached to an aromatic ring is 1. The summed E-state index contributed by atoms with van der Waals surface area (Å²) in [4.78, 5) is -0.782. The smallest absolute Gasteiger partial charge is 0.297 e. The molecule has 0 aliphatic carbocycles. The van der Waals surface area contributed by atoms with Crippen LogP contribution in [0.4, 0.5) is 5.69 Å². The van der Waals surface area contributed by atoms with Crippen LogP contribution in [-0.2, 0) is 20.2 Å². The molecule has 0 saturated carbocycles. The van der Waals surface area contributed by atoms with Gasteiger partial charge in [-0.05, 0) is 23.3 Å². The van der Waals surface area contributed by atoms with Crippen molar-refractivity contribution >= 4 is 38.1 Å². The molecule has 2 aromatic rings. The molecule has 0 aliphatic rings. The molecule has 10 heteroatoms. The molecule has 0 heterocycles. The van der Waals surface area contributed by atoms with Crippen molar-refractivity contribution in [1.29, 1.82) is 0 Å². The van der Waals surface area contributed by atoms with Gasteiger partial charge in [-0.1, -0.05) is 42.5 Å². The van der Waals surface area contributed by atoms with Gasteiger partial charge >= 0.3 is 0 Å². The molecule has 24 heavy (non-hydrogen) atoms. The maximum Gasteiger partial charge on any atom is 0.297 e. The molecule has 2 rings (SSSR count). The van der Waals surface area contributed by atoms with E-state index in [4.69, 9.17) is 5.84 Å². The Hall–Kier alpha value is -2.24. The standard InChI is InChI=1S/C14H14N2O6S2/c15-16-12-6-3-5-11(14(12)24(20,21)22)9-8-10-4-1-2-7-13(10)23(17,18)19/h1-9,16H,15H2,(H,17,18,19)(H,20,21,22)/b9-8+. The fraction of sp³-hybridized carbons (Fsp3) is 0. The van der Waals surface area contributed by atoms with Gasteiger partial charge < -0.3 is 5.43 Å². The van der Waals surface area contributed by atoms with Crippen LogP contribution >= 0.6 is 0 Å². The normalized spacial score (nSPS) is 12.5. The molecule has 0 amide bonds. The van der Waals surface area contributed by atoms with Crippen molar-refractivity contribution in [2.45, 2.75) is 9.79 Å². The first-order valence-electron chi connectivity index (χ1n) is 6.46. The summed E-state index contributed by atoms with van der Waals surface area (Å²) in [7, 11) is -9.02. The van der Waals surface area contributed by atoms with Gasteiger partial charge in [-0.3, -0.25) is 14.9 Å². The molecule has 0 aromatic heterocycles. The van der Waals surface area contributed by atoms with Crippen LogP contribution in [0.25, 0.3) is 12.2 Å².